The maximum absolute atomic E-state index is 6.32. The van der Waals surface area contributed by atoms with Crippen LogP contribution in [0.4, 0.5) is 0 Å². The van der Waals surface area contributed by atoms with Gasteiger partial charge in [0.1, 0.15) is 0 Å². The summed E-state index contributed by atoms with van der Waals surface area (Å²) in [6.45, 7) is 2.92. The molecule has 1 aromatic carbocycles. The lowest BCUT2D eigenvalue weighted by molar-refractivity contribution is 0.563. The Hall–Kier alpha value is -0.840. The molecule has 0 spiro atoms. The molecule has 0 radical (unpaired) electrons. The SMILES string of the molecule is CCn1nccc1C(NC)c1ccc(Br)cc1Cl. The van der Waals surface area contributed by atoms with E-state index in [-0.39, 0.29) is 6.04 Å². The van der Waals surface area contributed by atoms with Gasteiger partial charge in [0.25, 0.3) is 0 Å². The van der Waals surface area contributed by atoms with E-state index in [0.29, 0.717) is 0 Å². The summed E-state index contributed by atoms with van der Waals surface area (Å²) in [5.74, 6) is 0. The fourth-order valence-electron chi connectivity index (χ4n) is 2.05. The maximum Gasteiger partial charge on any atom is 0.0760 e. The highest BCUT2D eigenvalue weighted by molar-refractivity contribution is 9.10. The first-order valence-corrected chi connectivity index (χ1v) is 6.98. The standard InChI is InChI=1S/C13H15BrClN3/c1-3-18-12(6-7-17-18)13(16-2)10-5-4-9(14)8-11(10)15/h4-8,13,16H,3H2,1-2H3. The van der Waals surface area contributed by atoms with Crippen molar-refractivity contribution >= 4 is 27.5 Å². The molecule has 0 fully saturated rings. The largest absolute Gasteiger partial charge is 0.308 e. The van der Waals surface area contributed by atoms with E-state index in [2.05, 4.69) is 33.3 Å². The van der Waals surface area contributed by atoms with Crippen molar-refractivity contribution in [2.24, 2.45) is 0 Å². The van der Waals surface area contributed by atoms with Crippen LogP contribution in [0.3, 0.4) is 0 Å². The molecule has 5 heteroatoms. The van der Waals surface area contributed by atoms with Crippen LogP contribution in [-0.4, -0.2) is 16.8 Å². The summed E-state index contributed by atoms with van der Waals surface area (Å²) in [5.41, 5.74) is 2.17. The van der Waals surface area contributed by atoms with E-state index in [1.165, 1.54) is 0 Å². The van der Waals surface area contributed by atoms with E-state index in [1.54, 1.807) is 0 Å². The number of benzene rings is 1. The molecule has 0 amide bonds. The van der Waals surface area contributed by atoms with E-state index < -0.39 is 0 Å². The van der Waals surface area contributed by atoms with Crippen LogP contribution >= 0.6 is 27.5 Å². The van der Waals surface area contributed by atoms with Gasteiger partial charge in [0.05, 0.1) is 11.7 Å². The fraction of sp³-hybridized carbons (Fsp3) is 0.308. The Morgan fingerprint density at radius 3 is 2.83 bits per heavy atom. The number of nitrogens with one attached hydrogen (secondary N) is 1. The Bertz CT molecular complexity index is 539. The monoisotopic (exact) mass is 327 g/mol. The number of hydrogen-bond acceptors (Lipinski definition) is 2. The van der Waals surface area contributed by atoms with Crippen molar-refractivity contribution in [3.63, 3.8) is 0 Å². The number of aryl methyl sites for hydroxylation is 1. The van der Waals surface area contributed by atoms with Crippen molar-refractivity contribution in [1.82, 2.24) is 15.1 Å². The van der Waals surface area contributed by atoms with E-state index in [4.69, 9.17) is 11.6 Å². The van der Waals surface area contributed by atoms with Crippen LogP contribution in [0, 0.1) is 0 Å². The average Bonchev–Trinajstić information content (AvgIpc) is 2.81. The topological polar surface area (TPSA) is 29.9 Å². The molecule has 3 nitrogen and oxygen atoms in total. The van der Waals surface area contributed by atoms with Gasteiger partial charge >= 0.3 is 0 Å². The molecular weight excluding hydrogens is 314 g/mol. The second kappa shape index (κ2) is 5.87. The summed E-state index contributed by atoms with van der Waals surface area (Å²) < 4.78 is 2.95. The normalized spacial score (nSPS) is 12.7. The van der Waals surface area contributed by atoms with Gasteiger partial charge in [0.2, 0.25) is 0 Å². The van der Waals surface area contributed by atoms with Crippen molar-refractivity contribution in [2.75, 3.05) is 7.05 Å². The van der Waals surface area contributed by atoms with Gasteiger partial charge in [0.15, 0.2) is 0 Å². The molecule has 1 atom stereocenters. The predicted octanol–water partition coefficient (Wildman–Crippen LogP) is 3.63. The lowest BCUT2D eigenvalue weighted by Crippen LogP contribution is -2.21. The summed E-state index contributed by atoms with van der Waals surface area (Å²) in [6, 6.07) is 8.00. The molecule has 1 heterocycles. The van der Waals surface area contributed by atoms with Gasteiger partial charge in [-0.1, -0.05) is 33.6 Å². The van der Waals surface area contributed by atoms with E-state index >= 15 is 0 Å². The van der Waals surface area contributed by atoms with Crippen LogP contribution in [0.1, 0.15) is 24.2 Å². The van der Waals surface area contributed by atoms with Crippen molar-refractivity contribution in [3.8, 4) is 0 Å². The molecule has 18 heavy (non-hydrogen) atoms. The smallest absolute Gasteiger partial charge is 0.0760 e. The van der Waals surface area contributed by atoms with Crippen molar-refractivity contribution < 1.29 is 0 Å². The van der Waals surface area contributed by atoms with E-state index in [1.807, 2.05) is 42.2 Å². The molecule has 2 rings (SSSR count). The minimum atomic E-state index is 0.0491. The molecule has 2 aromatic rings. The number of hydrogen-bond donors (Lipinski definition) is 1. The third-order valence-corrected chi connectivity index (χ3v) is 3.73. The lowest BCUT2D eigenvalue weighted by Gasteiger charge is -2.19. The third kappa shape index (κ3) is 2.60. The van der Waals surface area contributed by atoms with Crippen molar-refractivity contribution in [3.05, 3.63) is 51.2 Å². The van der Waals surface area contributed by atoms with Gasteiger partial charge in [-0.05, 0) is 37.7 Å². The average molecular weight is 329 g/mol. The molecule has 0 saturated carbocycles. The van der Waals surface area contributed by atoms with Gasteiger partial charge < -0.3 is 5.32 Å². The summed E-state index contributed by atoms with van der Waals surface area (Å²) in [4.78, 5) is 0. The molecule has 0 aliphatic carbocycles. The van der Waals surface area contributed by atoms with Gasteiger partial charge in [-0.15, -0.1) is 0 Å². The predicted molar refractivity (Wildman–Crippen MR) is 78.0 cm³/mol. The molecule has 96 valence electrons. The van der Waals surface area contributed by atoms with Crippen molar-refractivity contribution in [2.45, 2.75) is 19.5 Å². The highest BCUT2D eigenvalue weighted by atomic mass is 79.9. The lowest BCUT2D eigenvalue weighted by atomic mass is 10.0. The minimum absolute atomic E-state index is 0.0491. The first kappa shape index (κ1) is 13.6. The molecule has 1 aromatic heterocycles. The van der Waals surface area contributed by atoms with E-state index in [0.717, 1.165) is 27.3 Å². The third-order valence-electron chi connectivity index (χ3n) is 2.91. The Kier molecular flexibility index (Phi) is 4.43. The zero-order chi connectivity index (χ0) is 13.1. The fourth-order valence-corrected chi connectivity index (χ4v) is 2.83. The maximum atomic E-state index is 6.32. The highest BCUT2D eigenvalue weighted by Crippen LogP contribution is 2.30. The van der Waals surface area contributed by atoms with Crippen LogP contribution in [-0.2, 0) is 6.54 Å². The van der Waals surface area contributed by atoms with Crippen LogP contribution in [0.5, 0.6) is 0 Å². The second-order valence-corrected chi connectivity index (χ2v) is 5.28. The van der Waals surface area contributed by atoms with Crippen LogP contribution in [0.15, 0.2) is 34.9 Å². The number of halogens is 2. The zero-order valence-electron chi connectivity index (χ0n) is 10.3. The van der Waals surface area contributed by atoms with E-state index in [9.17, 15) is 0 Å². The number of rotatable bonds is 4. The van der Waals surface area contributed by atoms with Gasteiger partial charge in [-0.2, -0.15) is 5.10 Å². The van der Waals surface area contributed by atoms with Gasteiger partial charge in [-0.25, -0.2) is 0 Å². The molecule has 0 aliphatic heterocycles. The summed E-state index contributed by atoms with van der Waals surface area (Å²) >= 11 is 9.74. The molecule has 0 aliphatic rings. The summed E-state index contributed by atoms with van der Waals surface area (Å²) in [5, 5.41) is 8.34. The molecule has 0 saturated heterocycles. The first-order chi connectivity index (χ1) is 8.67. The van der Waals surface area contributed by atoms with Crippen LogP contribution < -0.4 is 5.32 Å². The quantitative estimate of drug-likeness (QED) is 0.929. The Morgan fingerprint density at radius 2 is 2.22 bits per heavy atom. The summed E-state index contributed by atoms with van der Waals surface area (Å²) in [7, 11) is 1.93. The molecule has 1 N–H and O–H groups in total. The Morgan fingerprint density at radius 1 is 1.44 bits per heavy atom. The Balaban J connectivity index is 2.45. The molecular formula is C13H15BrClN3. The Labute approximate surface area is 120 Å². The van der Waals surface area contributed by atoms with Gasteiger partial charge in [0, 0.05) is 22.2 Å². The molecule has 0 bridgehead atoms. The second-order valence-electron chi connectivity index (χ2n) is 3.96. The first-order valence-electron chi connectivity index (χ1n) is 5.81. The zero-order valence-corrected chi connectivity index (χ0v) is 12.7. The minimum Gasteiger partial charge on any atom is -0.308 e. The summed E-state index contributed by atoms with van der Waals surface area (Å²) in [6.07, 6.45) is 1.82. The van der Waals surface area contributed by atoms with Gasteiger partial charge in [-0.3, -0.25) is 4.68 Å². The highest BCUT2D eigenvalue weighted by Gasteiger charge is 2.18. The number of aromatic nitrogens is 2. The number of nitrogens with zero attached hydrogens (tertiary/aromatic N) is 2. The van der Waals surface area contributed by atoms with Crippen molar-refractivity contribution in [1.29, 1.82) is 0 Å². The molecule has 1 unspecified atom stereocenters. The van der Waals surface area contributed by atoms with Crippen LogP contribution in [0.25, 0.3) is 0 Å². The van der Waals surface area contributed by atoms with Crippen LogP contribution in [0.2, 0.25) is 5.02 Å².